The van der Waals surface area contributed by atoms with Crippen molar-refractivity contribution in [2.45, 2.75) is 58.3 Å². The largest absolute Gasteiger partial charge is 0.475 e. The number of imidazole rings is 1. The standard InChI is InChI=1S/C28H26F3N5O2/c1-14-4-3-5-18(10-14)32-23-22-24(34-25(33-23)27(37)38)35-26-21-11-15(2)6-9-19(21)20-12-17(28(29,30)31)8-7-16(20)13-36(22)26/h6-9,11-12,14,18H,3-5,10,13H2,1-2H3,(H,37,38)(H,32,33,34). The summed E-state index contributed by atoms with van der Waals surface area (Å²) in [6, 6.07) is 9.48. The molecule has 1 aliphatic carbocycles. The number of nitrogens with one attached hydrogen (secondary N) is 1. The van der Waals surface area contributed by atoms with Gasteiger partial charge in [0.1, 0.15) is 11.3 Å². The molecule has 0 amide bonds. The van der Waals surface area contributed by atoms with Crippen LogP contribution >= 0.6 is 0 Å². The minimum absolute atomic E-state index is 0.117. The quantitative estimate of drug-likeness (QED) is 0.280. The average Bonchev–Trinajstić information content (AvgIpc) is 3.16. The molecule has 4 aromatic rings. The number of fused-ring (bicyclic) bond motifs is 7. The molecule has 1 saturated carbocycles. The van der Waals surface area contributed by atoms with Gasteiger partial charge in [-0.2, -0.15) is 13.2 Å². The fourth-order valence-corrected chi connectivity index (χ4v) is 5.74. The van der Waals surface area contributed by atoms with Crippen molar-refractivity contribution < 1.29 is 23.1 Å². The highest BCUT2D eigenvalue weighted by Crippen LogP contribution is 2.43. The number of aromatic carboxylic acids is 1. The van der Waals surface area contributed by atoms with Crippen LogP contribution in [-0.2, 0) is 12.7 Å². The van der Waals surface area contributed by atoms with Crippen molar-refractivity contribution in [3.05, 3.63) is 58.9 Å². The molecule has 0 saturated heterocycles. The molecule has 6 rings (SSSR count). The Labute approximate surface area is 216 Å². The summed E-state index contributed by atoms with van der Waals surface area (Å²) in [5.41, 5.74) is 3.47. The van der Waals surface area contributed by atoms with Crippen LogP contribution in [0.25, 0.3) is 33.7 Å². The first-order valence-electron chi connectivity index (χ1n) is 12.7. The van der Waals surface area contributed by atoms with Crippen molar-refractivity contribution in [2.24, 2.45) is 5.92 Å². The minimum atomic E-state index is -4.47. The van der Waals surface area contributed by atoms with E-state index in [9.17, 15) is 23.1 Å². The highest BCUT2D eigenvalue weighted by Gasteiger charge is 2.33. The van der Waals surface area contributed by atoms with Crippen molar-refractivity contribution in [1.29, 1.82) is 0 Å². The second-order valence-corrected chi connectivity index (χ2v) is 10.4. The number of carboxylic acid groups (broad SMARTS) is 1. The summed E-state index contributed by atoms with van der Waals surface area (Å²) in [4.78, 5) is 25.2. The molecule has 2 unspecified atom stereocenters. The summed E-state index contributed by atoms with van der Waals surface area (Å²) in [5, 5.41) is 13.2. The predicted molar refractivity (Wildman–Crippen MR) is 137 cm³/mol. The molecule has 2 N–H and O–H groups in total. The number of alkyl halides is 3. The molecule has 2 aromatic carbocycles. The topological polar surface area (TPSA) is 92.9 Å². The van der Waals surface area contributed by atoms with E-state index in [1.54, 1.807) is 0 Å². The molecule has 10 heteroatoms. The number of carboxylic acids is 1. The molecule has 0 bridgehead atoms. The van der Waals surface area contributed by atoms with Crippen LogP contribution in [0, 0.1) is 12.8 Å². The van der Waals surface area contributed by atoms with Crippen LogP contribution in [0.15, 0.2) is 36.4 Å². The Hall–Kier alpha value is -3.95. The SMILES string of the molecule is Cc1ccc2c(c1)-c1nc3nc(C(=O)O)nc(NC4CCCC(C)C4)c3n1Cc1ccc(C(F)(F)F)cc1-2. The summed E-state index contributed by atoms with van der Waals surface area (Å²) in [6.45, 7) is 4.34. The van der Waals surface area contributed by atoms with E-state index in [0.29, 0.717) is 45.3 Å². The Kier molecular flexibility index (Phi) is 5.66. The molecule has 2 aliphatic rings. The number of hydrogen-bond donors (Lipinski definition) is 2. The second-order valence-electron chi connectivity index (χ2n) is 10.4. The van der Waals surface area contributed by atoms with Gasteiger partial charge in [-0.1, -0.05) is 43.5 Å². The maximum atomic E-state index is 13.6. The average molecular weight is 522 g/mol. The lowest BCUT2D eigenvalue weighted by Gasteiger charge is -2.28. The van der Waals surface area contributed by atoms with Gasteiger partial charge in [0.2, 0.25) is 5.82 Å². The molecule has 0 radical (unpaired) electrons. The molecule has 1 aliphatic heterocycles. The minimum Gasteiger partial charge on any atom is -0.475 e. The number of benzene rings is 2. The van der Waals surface area contributed by atoms with E-state index >= 15 is 0 Å². The number of aromatic nitrogens is 4. The van der Waals surface area contributed by atoms with E-state index in [4.69, 9.17) is 4.98 Å². The fraction of sp³-hybridized carbons (Fsp3) is 0.357. The van der Waals surface area contributed by atoms with Crippen LogP contribution in [0.4, 0.5) is 19.0 Å². The second kappa shape index (κ2) is 8.82. The summed E-state index contributed by atoms with van der Waals surface area (Å²) in [6.07, 6.45) is -0.399. The van der Waals surface area contributed by atoms with Gasteiger partial charge in [0.05, 0.1) is 12.1 Å². The van der Waals surface area contributed by atoms with E-state index < -0.39 is 17.7 Å². The monoisotopic (exact) mass is 521 g/mol. The smallest absolute Gasteiger partial charge is 0.416 e. The van der Waals surface area contributed by atoms with Crippen molar-refractivity contribution in [2.75, 3.05) is 5.32 Å². The maximum absolute atomic E-state index is 13.6. The highest BCUT2D eigenvalue weighted by atomic mass is 19.4. The number of carbonyl (C=O) groups is 1. The Balaban J connectivity index is 1.60. The van der Waals surface area contributed by atoms with Crippen LogP contribution in [-0.4, -0.2) is 36.6 Å². The van der Waals surface area contributed by atoms with Crippen molar-refractivity contribution >= 4 is 23.0 Å². The molecular weight excluding hydrogens is 495 g/mol. The van der Waals surface area contributed by atoms with Crippen LogP contribution in [0.1, 0.15) is 59.9 Å². The van der Waals surface area contributed by atoms with Gasteiger partial charge in [0.25, 0.3) is 0 Å². The number of anilines is 1. The molecule has 0 spiro atoms. The Morgan fingerprint density at radius 1 is 1.05 bits per heavy atom. The normalized spacial score (nSPS) is 18.9. The van der Waals surface area contributed by atoms with Crippen LogP contribution < -0.4 is 5.32 Å². The van der Waals surface area contributed by atoms with Gasteiger partial charge in [-0.15, -0.1) is 0 Å². The number of hydrogen-bond acceptors (Lipinski definition) is 5. The first kappa shape index (κ1) is 24.4. The number of halogens is 3. The van der Waals surface area contributed by atoms with Gasteiger partial charge < -0.3 is 15.0 Å². The van der Waals surface area contributed by atoms with Gasteiger partial charge in [0, 0.05) is 11.6 Å². The Bertz CT molecular complexity index is 1590. The van der Waals surface area contributed by atoms with Gasteiger partial charge in [0.15, 0.2) is 11.5 Å². The lowest BCUT2D eigenvalue weighted by atomic mass is 9.87. The number of rotatable bonds is 3. The molecule has 1 fully saturated rings. The van der Waals surface area contributed by atoms with E-state index in [0.717, 1.165) is 37.3 Å². The van der Waals surface area contributed by atoms with Gasteiger partial charge >= 0.3 is 12.1 Å². The zero-order valence-corrected chi connectivity index (χ0v) is 20.9. The van der Waals surface area contributed by atoms with Crippen LogP contribution in [0.5, 0.6) is 0 Å². The molecule has 2 atom stereocenters. The molecule has 7 nitrogen and oxygen atoms in total. The fourth-order valence-electron chi connectivity index (χ4n) is 5.74. The van der Waals surface area contributed by atoms with Gasteiger partial charge in [-0.25, -0.2) is 19.7 Å². The zero-order chi connectivity index (χ0) is 26.8. The van der Waals surface area contributed by atoms with Crippen LogP contribution in [0.3, 0.4) is 0 Å². The lowest BCUT2D eigenvalue weighted by molar-refractivity contribution is -0.137. The molecule has 2 aromatic heterocycles. The van der Waals surface area contributed by atoms with E-state index in [1.165, 1.54) is 12.1 Å². The van der Waals surface area contributed by atoms with E-state index in [-0.39, 0.29) is 24.1 Å². The third kappa shape index (κ3) is 4.17. The number of aryl methyl sites for hydroxylation is 1. The molecule has 3 heterocycles. The van der Waals surface area contributed by atoms with Gasteiger partial charge in [-0.05, 0) is 60.6 Å². The highest BCUT2D eigenvalue weighted by molar-refractivity contribution is 5.94. The summed E-state index contributed by atoms with van der Waals surface area (Å²) in [7, 11) is 0. The first-order chi connectivity index (χ1) is 18.1. The Morgan fingerprint density at radius 2 is 1.87 bits per heavy atom. The van der Waals surface area contributed by atoms with Crippen LogP contribution in [0.2, 0.25) is 0 Å². The zero-order valence-electron chi connectivity index (χ0n) is 20.9. The van der Waals surface area contributed by atoms with Crippen molar-refractivity contribution in [3.63, 3.8) is 0 Å². The van der Waals surface area contributed by atoms with Crippen molar-refractivity contribution in [3.8, 4) is 22.5 Å². The third-order valence-electron chi connectivity index (χ3n) is 7.54. The predicted octanol–water partition coefficient (Wildman–Crippen LogP) is 6.54. The maximum Gasteiger partial charge on any atom is 0.416 e. The van der Waals surface area contributed by atoms with Gasteiger partial charge in [-0.3, -0.25) is 0 Å². The molecule has 38 heavy (non-hydrogen) atoms. The van der Waals surface area contributed by atoms with Crippen molar-refractivity contribution in [1.82, 2.24) is 19.5 Å². The summed E-state index contributed by atoms with van der Waals surface area (Å²) < 4.78 is 42.8. The lowest BCUT2D eigenvalue weighted by Crippen LogP contribution is -2.27. The Morgan fingerprint density at radius 3 is 2.61 bits per heavy atom. The number of nitrogens with zero attached hydrogens (tertiary/aromatic N) is 4. The third-order valence-corrected chi connectivity index (χ3v) is 7.54. The van der Waals surface area contributed by atoms with E-state index in [2.05, 4.69) is 22.2 Å². The molecule has 196 valence electrons. The summed E-state index contributed by atoms with van der Waals surface area (Å²) >= 11 is 0. The van der Waals surface area contributed by atoms with E-state index in [1.807, 2.05) is 29.7 Å². The first-order valence-corrected chi connectivity index (χ1v) is 12.7. The molecular formula is C28H26F3N5O2. The summed E-state index contributed by atoms with van der Waals surface area (Å²) in [5.74, 6) is -0.173.